The first kappa shape index (κ1) is 18.6. The number of hydrogen-bond acceptors (Lipinski definition) is 3. The summed E-state index contributed by atoms with van der Waals surface area (Å²) >= 11 is 12.4. The van der Waals surface area contributed by atoms with E-state index in [-0.39, 0.29) is 0 Å². The van der Waals surface area contributed by atoms with Gasteiger partial charge in [0.25, 0.3) is 5.52 Å². The van der Waals surface area contributed by atoms with Gasteiger partial charge < -0.3 is 14.1 Å². The highest BCUT2D eigenvalue weighted by molar-refractivity contribution is 6.31. The second-order valence-corrected chi connectivity index (χ2v) is 8.09. The maximum absolute atomic E-state index is 6.21. The van der Waals surface area contributed by atoms with Crippen molar-refractivity contribution in [2.24, 2.45) is 0 Å². The van der Waals surface area contributed by atoms with E-state index < -0.39 is 0 Å². The molecule has 0 unspecified atom stereocenters. The van der Waals surface area contributed by atoms with Gasteiger partial charge in [0.2, 0.25) is 11.5 Å². The molecule has 29 heavy (non-hydrogen) atoms. The number of nitrogens with zero attached hydrogens (tertiary/aromatic N) is 2. The molecule has 1 aromatic heterocycles. The van der Waals surface area contributed by atoms with E-state index in [0.717, 1.165) is 60.2 Å². The summed E-state index contributed by atoms with van der Waals surface area (Å²) in [5.41, 5.74) is 5.24. The molecule has 4 nitrogen and oxygen atoms in total. The van der Waals surface area contributed by atoms with Crippen LogP contribution in [0.1, 0.15) is 32.6 Å². The van der Waals surface area contributed by atoms with E-state index in [1.807, 2.05) is 36.4 Å². The summed E-state index contributed by atoms with van der Waals surface area (Å²) in [4.78, 5) is 2.18. The third-order valence-electron chi connectivity index (χ3n) is 5.52. The van der Waals surface area contributed by atoms with Gasteiger partial charge in [-0.15, -0.1) is 0 Å². The van der Waals surface area contributed by atoms with E-state index in [2.05, 4.69) is 29.4 Å². The maximum Gasteiger partial charge on any atom is 0.377 e. The Hall–Kier alpha value is -2.43. The largest absolute Gasteiger partial charge is 0.438 e. The fourth-order valence-corrected chi connectivity index (χ4v) is 4.51. The zero-order valence-corrected chi connectivity index (χ0v) is 17.8. The van der Waals surface area contributed by atoms with E-state index >= 15 is 0 Å². The van der Waals surface area contributed by atoms with Crippen LogP contribution >= 0.6 is 23.2 Å². The molecule has 0 saturated carbocycles. The smallest absolute Gasteiger partial charge is 0.377 e. The van der Waals surface area contributed by atoms with Crippen molar-refractivity contribution in [3.8, 4) is 5.75 Å². The standard InChI is InChI=1S/C23H21Cl2N2O2/c1-3-26-18-12-16(24)7-9-20(18)28-22(26)14-5-6-15(11-14)23-27(4-2)19-13-17(25)8-10-21(19)29-23/h7-13H,3-6H2,1-2H3/q+1. The van der Waals surface area contributed by atoms with E-state index in [9.17, 15) is 0 Å². The first-order valence-electron chi connectivity index (χ1n) is 9.90. The summed E-state index contributed by atoms with van der Waals surface area (Å²) in [7, 11) is 0. The molecule has 0 saturated heterocycles. The Balaban J connectivity index is 1.58. The van der Waals surface area contributed by atoms with Crippen molar-refractivity contribution in [1.82, 2.24) is 0 Å². The fraction of sp³-hybridized carbons (Fsp3) is 0.261. The lowest BCUT2D eigenvalue weighted by atomic mass is 10.2. The molecule has 0 amide bonds. The maximum atomic E-state index is 6.21. The summed E-state index contributed by atoms with van der Waals surface area (Å²) < 4.78 is 14.6. The van der Waals surface area contributed by atoms with Crippen molar-refractivity contribution in [1.29, 1.82) is 0 Å². The number of anilines is 1. The minimum Gasteiger partial charge on any atom is -0.438 e. The van der Waals surface area contributed by atoms with Crippen molar-refractivity contribution in [3.63, 3.8) is 0 Å². The molecule has 3 aromatic rings. The van der Waals surface area contributed by atoms with Crippen molar-refractivity contribution in [3.05, 3.63) is 69.9 Å². The number of aromatic nitrogens is 1. The SMILES string of the molecule is CCN1/C(=C2/C=C(c3oc4ccc(Cl)cc4[n+]3CC)CC2)Oc2ccc(Cl)cc21. The Bertz CT molecular complexity index is 1190. The molecule has 0 bridgehead atoms. The molecule has 1 aliphatic carbocycles. The summed E-state index contributed by atoms with van der Waals surface area (Å²) in [6.07, 6.45) is 4.02. The molecule has 2 aromatic carbocycles. The third-order valence-corrected chi connectivity index (χ3v) is 5.99. The highest BCUT2D eigenvalue weighted by Gasteiger charge is 2.33. The monoisotopic (exact) mass is 427 g/mol. The van der Waals surface area contributed by atoms with Crippen LogP contribution in [-0.4, -0.2) is 6.54 Å². The fourth-order valence-electron chi connectivity index (χ4n) is 4.18. The topological polar surface area (TPSA) is 29.5 Å². The first-order valence-corrected chi connectivity index (χ1v) is 10.7. The lowest BCUT2D eigenvalue weighted by Crippen LogP contribution is -2.34. The van der Waals surface area contributed by atoms with Crippen LogP contribution in [-0.2, 0) is 6.54 Å². The van der Waals surface area contributed by atoms with Crippen LogP contribution in [0.3, 0.4) is 0 Å². The summed E-state index contributed by atoms with van der Waals surface area (Å²) in [6, 6.07) is 11.5. The van der Waals surface area contributed by atoms with Crippen molar-refractivity contribution >= 4 is 45.6 Å². The first-order chi connectivity index (χ1) is 14.1. The number of hydrogen-bond donors (Lipinski definition) is 0. The summed E-state index contributed by atoms with van der Waals surface area (Å²) in [6.45, 7) is 5.86. The Morgan fingerprint density at radius 3 is 2.62 bits per heavy atom. The van der Waals surface area contributed by atoms with Gasteiger partial charge in [-0.25, -0.2) is 0 Å². The lowest BCUT2D eigenvalue weighted by molar-refractivity contribution is -0.675. The van der Waals surface area contributed by atoms with Gasteiger partial charge in [-0.1, -0.05) is 23.2 Å². The van der Waals surface area contributed by atoms with Crippen LogP contribution in [0, 0.1) is 0 Å². The zero-order chi connectivity index (χ0) is 20.1. The Kier molecular flexibility index (Phi) is 4.56. The number of oxazole rings is 1. The van der Waals surface area contributed by atoms with Gasteiger partial charge in [0.05, 0.1) is 11.3 Å². The number of fused-ring (bicyclic) bond motifs is 2. The van der Waals surface area contributed by atoms with Gasteiger partial charge in [0.1, 0.15) is 6.54 Å². The molecule has 6 heteroatoms. The molecular weight excluding hydrogens is 407 g/mol. The predicted octanol–water partition coefficient (Wildman–Crippen LogP) is 6.35. The predicted molar refractivity (Wildman–Crippen MR) is 116 cm³/mol. The van der Waals surface area contributed by atoms with Gasteiger partial charge >= 0.3 is 5.89 Å². The Morgan fingerprint density at radius 1 is 1.03 bits per heavy atom. The van der Waals surface area contributed by atoms with Gasteiger partial charge in [-0.3, -0.25) is 0 Å². The summed E-state index contributed by atoms with van der Waals surface area (Å²) in [5.74, 6) is 2.63. The van der Waals surface area contributed by atoms with Crippen LogP contribution in [0.4, 0.5) is 5.69 Å². The Labute approximate surface area is 179 Å². The van der Waals surface area contributed by atoms with E-state index in [1.165, 1.54) is 11.1 Å². The van der Waals surface area contributed by atoms with Crippen LogP contribution in [0.25, 0.3) is 16.7 Å². The minimum absolute atomic E-state index is 0.713. The van der Waals surface area contributed by atoms with Crippen molar-refractivity contribution < 1.29 is 13.7 Å². The van der Waals surface area contributed by atoms with Crippen LogP contribution in [0.5, 0.6) is 5.75 Å². The van der Waals surface area contributed by atoms with Crippen molar-refractivity contribution in [2.45, 2.75) is 33.2 Å². The van der Waals surface area contributed by atoms with E-state index in [0.29, 0.717) is 10.0 Å². The highest BCUT2D eigenvalue weighted by atomic mass is 35.5. The van der Waals surface area contributed by atoms with Gasteiger partial charge in [0, 0.05) is 28.2 Å². The van der Waals surface area contributed by atoms with E-state index in [4.69, 9.17) is 32.4 Å². The quantitative estimate of drug-likeness (QED) is 0.455. The number of benzene rings is 2. The molecule has 5 rings (SSSR count). The number of ether oxygens (including phenoxy) is 1. The average Bonchev–Trinajstić information content (AvgIpc) is 3.41. The van der Waals surface area contributed by atoms with E-state index in [1.54, 1.807) is 0 Å². The third kappa shape index (κ3) is 3.02. The zero-order valence-electron chi connectivity index (χ0n) is 16.3. The van der Waals surface area contributed by atoms with Crippen LogP contribution in [0.2, 0.25) is 10.0 Å². The van der Waals surface area contributed by atoms with Gasteiger partial charge in [0.15, 0.2) is 5.75 Å². The molecule has 0 atom stereocenters. The molecule has 148 valence electrons. The second kappa shape index (κ2) is 7.12. The normalized spacial score (nSPS) is 18.3. The number of rotatable bonds is 3. The molecule has 0 spiro atoms. The summed E-state index contributed by atoms with van der Waals surface area (Å²) in [5, 5.41) is 1.43. The van der Waals surface area contributed by atoms with Gasteiger partial charge in [-0.2, -0.15) is 4.57 Å². The Morgan fingerprint density at radius 2 is 1.83 bits per heavy atom. The molecule has 2 heterocycles. The average molecular weight is 428 g/mol. The number of aryl methyl sites for hydroxylation is 1. The molecule has 0 N–H and O–H groups in total. The minimum atomic E-state index is 0.713. The number of halogens is 2. The highest BCUT2D eigenvalue weighted by Crippen LogP contribution is 2.44. The van der Waals surface area contributed by atoms with Gasteiger partial charge in [-0.05, 0) is 63.1 Å². The molecular formula is C23H21Cl2N2O2+. The van der Waals surface area contributed by atoms with Crippen LogP contribution < -0.4 is 14.2 Å². The molecule has 1 aliphatic heterocycles. The number of allylic oxidation sites excluding steroid dienone is 3. The lowest BCUT2D eigenvalue weighted by Gasteiger charge is -2.17. The molecule has 0 fully saturated rings. The molecule has 2 aliphatic rings. The van der Waals surface area contributed by atoms with Crippen molar-refractivity contribution in [2.75, 3.05) is 11.4 Å². The molecule has 0 radical (unpaired) electrons. The van der Waals surface area contributed by atoms with Crippen LogP contribution in [0.15, 0.2) is 58.3 Å². The second-order valence-electron chi connectivity index (χ2n) is 7.22.